The van der Waals surface area contributed by atoms with Crippen molar-refractivity contribution in [2.24, 2.45) is 0 Å². The summed E-state index contributed by atoms with van der Waals surface area (Å²) in [5.41, 5.74) is 4.21. The lowest BCUT2D eigenvalue weighted by atomic mass is 9.99. The molecule has 0 aliphatic carbocycles. The highest BCUT2D eigenvalue weighted by Gasteiger charge is 2.16. The average Bonchev–Trinajstić information content (AvgIpc) is 3.15. The van der Waals surface area contributed by atoms with Gasteiger partial charge in [-0.15, -0.1) is 0 Å². The summed E-state index contributed by atoms with van der Waals surface area (Å²) < 4.78 is 22.5. The van der Waals surface area contributed by atoms with E-state index in [9.17, 15) is 4.79 Å². The fourth-order valence-corrected chi connectivity index (χ4v) is 3.47. The highest BCUT2D eigenvalue weighted by atomic mass is 16.5. The molecular formula is C25H29NO5. The van der Waals surface area contributed by atoms with Crippen LogP contribution in [0.2, 0.25) is 0 Å². The number of amides is 1. The first-order valence-electron chi connectivity index (χ1n) is 10.3. The lowest BCUT2D eigenvalue weighted by Gasteiger charge is -2.13. The number of carbonyl (C=O) groups excluding carboxylic acids is 1. The normalized spacial score (nSPS) is 11.6. The lowest BCUT2D eigenvalue weighted by molar-refractivity contribution is -0.116. The molecule has 0 radical (unpaired) electrons. The van der Waals surface area contributed by atoms with Gasteiger partial charge < -0.3 is 23.9 Å². The Kier molecular flexibility index (Phi) is 6.90. The number of fused-ring (bicyclic) bond motifs is 1. The highest BCUT2D eigenvalue weighted by Crippen LogP contribution is 2.39. The summed E-state index contributed by atoms with van der Waals surface area (Å²) >= 11 is 0. The van der Waals surface area contributed by atoms with Gasteiger partial charge in [-0.05, 0) is 57.0 Å². The van der Waals surface area contributed by atoms with Crippen LogP contribution >= 0.6 is 0 Å². The summed E-state index contributed by atoms with van der Waals surface area (Å²) in [5, 5.41) is 3.81. The molecule has 31 heavy (non-hydrogen) atoms. The van der Waals surface area contributed by atoms with Crippen LogP contribution < -0.4 is 19.5 Å². The number of rotatable bonds is 8. The molecule has 6 nitrogen and oxygen atoms in total. The summed E-state index contributed by atoms with van der Waals surface area (Å²) in [6.07, 6.45) is 3.32. The van der Waals surface area contributed by atoms with Crippen LogP contribution in [-0.2, 0) is 4.79 Å². The molecule has 1 heterocycles. The van der Waals surface area contributed by atoms with Gasteiger partial charge in [0, 0.05) is 34.7 Å². The van der Waals surface area contributed by atoms with Crippen LogP contribution in [-0.4, -0.2) is 32.8 Å². The predicted octanol–water partition coefficient (Wildman–Crippen LogP) is 5.44. The molecule has 0 atom stereocenters. The van der Waals surface area contributed by atoms with E-state index in [2.05, 4.69) is 5.32 Å². The SMILES string of the molecule is CCOc1cc2occ(-c3ccc(OC)c(OC)c3)c2cc1/C(C)=C/C(=O)NC(C)C. The number of carbonyl (C=O) groups is 1. The maximum Gasteiger partial charge on any atom is 0.244 e. The Hall–Kier alpha value is -3.41. The summed E-state index contributed by atoms with van der Waals surface area (Å²) in [6, 6.07) is 9.68. The Morgan fingerprint density at radius 1 is 1.10 bits per heavy atom. The number of ether oxygens (including phenoxy) is 3. The van der Waals surface area contributed by atoms with E-state index in [1.807, 2.05) is 58.0 Å². The van der Waals surface area contributed by atoms with Gasteiger partial charge in [-0.1, -0.05) is 6.07 Å². The smallest absolute Gasteiger partial charge is 0.244 e. The fraction of sp³-hybridized carbons (Fsp3) is 0.320. The molecule has 0 unspecified atom stereocenters. The molecule has 1 amide bonds. The summed E-state index contributed by atoms with van der Waals surface area (Å²) in [5.74, 6) is 1.84. The van der Waals surface area contributed by atoms with Crippen molar-refractivity contribution < 1.29 is 23.4 Å². The minimum absolute atomic E-state index is 0.0657. The number of methoxy groups -OCH3 is 2. The summed E-state index contributed by atoms with van der Waals surface area (Å²) in [6.45, 7) is 8.20. The van der Waals surface area contributed by atoms with Gasteiger partial charge in [0.15, 0.2) is 11.5 Å². The molecule has 0 saturated carbocycles. The number of allylic oxidation sites excluding steroid dienone is 1. The minimum Gasteiger partial charge on any atom is -0.493 e. The monoisotopic (exact) mass is 423 g/mol. The Morgan fingerprint density at radius 3 is 2.48 bits per heavy atom. The van der Waals surface area contributed by atoms with Crippen LogP contribution in [0.5, 0.6) is 17.2 Å². The van der Waals surface area contributed by atoms with E-state index in [4.69, 9.17) is 18.6 Å². The third-order valence-corrected chi connectivity index (χ3v) is 4.87. The van der Waals surface area contributed by atoms with Crippen molar-refractivity contribution in [3.05, 3.63) is 48.2 Å². The molecule has 0 aliphatic rings. The van der Waals surface area contributed by atoms with E-state index in [1.165, 1.54) is 0 Å². The maximum atomic E-state index is 12.3. The van der Waals surface area contributed by atoms with Gasteiger partial charge in [-0.2, -0.15) is 0 Å². The predicted molar refractivity (Wildman–Crippen MR) is 123 cm³/mol. The zero-order valence-corrected chi connectivity index (χ0v) is 18.9. The van der Waals surface area contributed by atoms with Crippen LogP contribution in [0.25, 0.3) is 27.7 Å². The summed E-state index contributed by atoms with van der Waals surface area (Å²) in [7, 11) is 3.22. The number of hydrogen-bond donors (Lipinski definition) is 1. The van der Waals surface area contributed by atoms with Gasteiger partial charge in [0.1, 0.15) is 11.3 Å². The first-order valence-corrected chi connectivity index (χ1v) is 10.3. The third kappa shape index (κ3) is 4.85. The van der Waals surface area contributed by atoms with E-state index in [0.29, 0.717) is 29.4 Å². The Labute approximate surface area is 182 Å². The topological polar surface area (TPSA) is 69.9 Å². The molecule has 0 spiro atoms. The van der Waals surface area contributed by atoms with Crippen LogP contribution in [0.1, 0.15) is 33.3 Å². The zero-order valence-electron chi connectivity index (χ0n) is 18.9. The lowest BCUT2D eigenvalue weighted by Crippen LogP contribution is -2.28. The highest BCUT2D eigenvalue weighted by molar-refractivity contribution is 6.00. The molecule has 3 aromatic rings. The molecule has 0 aliphatic heterocycles. The Balaban J connectivity index is 2.12. The van der Waals surface area contributed by atoms with Gasteiger partial charge in [0.05, 0.1) is 27.1 Å². The average molecular weight is 424 g/mol. The zero-order chi connectivity index (χ0) is 22.5. The molecule has 6 heteroatoms. The minimum atomic E-state index is -0.137. The van der Waals surface area contributed by atoms with Gasteiger partial charge >= 0.3 is 0 Å². The van der Waals surface area contributed by atoms with E-state index >= 15 is 0 Å². The van der Waals surface area contributed by atoms with Crippen molar-refractivity contribution >= 4 is 22.4 Å². The van der Waals surface area contributed by atoms with E-state index in [1.54, 1.807) is 26.6 Å². The van der Waals surface area contributed by atoms with E-state index in [0.717, 1.165) is 27.6 Å². The molecule has 0 fully saturated rings. The van der Waals surface area contributed by atoms with Crippen LogP contribution in [0, 0.1) is 0 Å². The second-order valence-corrected chi connectivity index (χ2v) is 7.49. The van der Waals surface area contributed by atoms with Crippen molar-refractivity contribution in [3.63, 3.8) is 0 Å². The van der Waals surface area contributed by atoms with Gasteiger partial charge in [-0.3, -0.25) is 4.79 Å². The van der Waals surface area contributed by atoms with Gasteiger partial charge in [0.25, 0.3) is 0 Å². The van der Waals surface area contributed by atoms with Crippen LogP contribution in [0.4, 0.5) is 0 Å². The number of benzene rings is 2. The maximum absolute atomic E-state index is 12.3. The van der Waals surface area contributed by atoms with Gasteiger partial charge in [-0.25, -0.2) is 0 Å². The van der Waals surface area contributed by atoms with Crippen molar-refractivity contribution in [1.82, 2.24) is 5.32 Å². The molecule has 1 aromatic heterocycles. The van der Waals surface area contributed by atoms with Crippen LogP contribution in [0.15, 0.2) is 47.1 Å². The molecule has 1 N–H and O–H groups in total. The van der Waals surface area contributed by atoms with E-state index < -0.39 is 0 Å². The van der Waals surface area contributed by atoms with Crippen molar-refractivity contribution in [2.75, 3.05) is 20.8 Å². The second kappa shape index (κ2) is 9.60. The Bertz CT molecular complexity index is 1110. The Morgan fingerprint density at radius 2 is 1.84 bits per heavy atom. The number of nitrogens with one attached hydrogen (secondary N) is 1. The molecule has 0 saturated heterocycles. The number of furan rings is 1. The standard InChI is InChI=1S/C25H29NO5/c1-7-30-22-13-23-19(12-18(22)16(4)10-25(27)26-15(2)3)20(14-31-23)17-8-9-21(28-5)24(11-17)29-6/h8-15H,7H2,1-6H3,(H,26,27)/b16-10+. The van der Waals surface area contributed by atoms with Crippen molar-refractivity contribution in [2.45, 2.75) is 33.7 Å². The molecule has 164 valence electrons. The molecular weight excluding hydrogens is 394 g/mol. The fourth-order valence-electron chi connectivity index (χ4n) is 3.47. The largest absolute Gasteiger partial charge is 0.493 e. The van der Waals surface area contributed by atoms with Crippen molar-refractivity contribution in [1.29, 1.82) is 0 Å². The first-order chi connectivity index (χ1) is 14.9. The van der Waals surface area contributed by atoms with E-state index in [-0.39, 0.29) is 11.9 Å². The van der Waals surface area contributed by atoms with Crippen molar-refractivity contribution in [3.8, 4) is 28.4 Å². The third-order valence-electron chi connectivity index (χ3n) is 4.87. The second-order valence-electron chi connectivity index (χ2n) is 7.49. The van der Waals surface area contributed by atoms with Crippen LogP contribution in [0.3, 0.4) is 0 Å². The van der Waals surface area contributed by atoms with Gasteiger partial charge in [0.2, 0.25) is 5.91 Å². The quantitative estimate of drug-likeness (QED) is 0.488. The summed E-state index contributed by atoms with van der Waals surface area (Å²) in [4.78, 5) is 12.3. The first kappa shape index (κ1) is 22.3. The molecule has 2 aromatic carbocycles. The molecule has 3 rings (SSSR count). The molecule has 0 bridgehead atoms. The number of hydrogen-bond acceptors (Lipinski definition) is 5.